The van der Waals surface area contributed by atoms with E-state index in [4.69, 9.17) is 4.74 Å². The van der Waals surface area contributed by atoms with Crippen molar-refractivity contribution in [3.63, 3.8) is 0 Å². The van der Waals surface area contributed by atoms with Crippen molar-refractivity contribution in [2.75, 3.05) is 11.9 Å². The van der Waals surface area contributed by atoms with E-state index in [0.717, 1.165) is 0 Å². The molecule has 1 heterocycles. The molecule has 1 aromatic rings. The number of ether oxygens (including phenoxy) is 1. The lowest BCUT2D eigenvalue weighted by atomic mass is 10.3. The normalized spacial score (nSPS) is 18.6. The van der Waals surface area contributed by atoms with Gasteiger partial charge in [0, 0.05) is 12.1 Å². The summed E-state index contributed by atoms with van der Waals surface area (Å²) >= 11 is 0. The number of hydrogen-bond acceptors (Lipinski definition) is 4. The fourth-order valence-corrected chi connectivity index (χ4v) is 2.88. The molecule has 1 aromatic carbocycles. The molecular weight excluding hydrogens is 266 g/mol. The topological polar surface area (TPSA) is 79.8 Å². The first-order valence-corrected chi connectivity index (χ1v) is 7.55. The van der Waals surface area contributed by atoms with Crippen LogP contribution in [-0.2, 0) is 10.0 Å². The zero-order valence-electron chi connectivity index (χ0n) is 11.1. The Morgan fingerprint density at radius 3 is 2.74 bits per heavy atom. The number of nitrogens with one attached hydrogen (secondary N) is 2. The van der Waals surface area contributed by atoms with Crippen LogP contribution in [0.4, 0.5) is 5.69 Å². The predicted octanol–water partition coefficient (Wildman–Crippen LogP) is 1.55. The summed E-state index contributed by atoms with van der Waals surface area (Å²) in [5.74, 6) is 0.768. The second-order valence-electron chi connectivity index (χ2n) is 4.39. The summed E-state index contributed by atoms with van der Waals surface area (Å²) in [6.07, 6.45) is 0. The molecule has 7 heteroatoms. The molecule has 0 fully saturated rings. The second-order valence-corrected chi connectivity index (χ2v) is 6.04. The van der Waals surface area contributed by atoms with Gasteiger partial charge < -0.3 is 10.1 Å². The van der Waals surface area contributed by atoms with Gasteiger partial charge >= 0.3 is 0 Å². The number of benzene rings is 1. The highest BCUT2D eigenvalue weighted by Crippen LogP contribution is 2.28. The van der Waals surface area contributed by atoms with Gasteiger partial charge in [0.15, 0.2) is 0 Å². The third-order valence-electron chi connectivity index (χ3n) is 2.43. The first-order valence-electron chi connectivity index (χ1n) is 6.07. The average molecular weight is 283 g/mol. The molecule has 0 unspecified atom stereocenters. The summed E-state index contributed by atoms with van der Waals surface area (Å²) < 4.78 is 32.0. The molecule has 0 aliphatic carbocycles. The lowest BCUT2D eigenvalue weighted by Crippen LogP contribution is -2.41. The molecule has 0 amide bonds. The largest absolute Gasteiger partial charge is 0.494 e. The summed E-state index contributed by atoms with van der Waals surface area (Å²) in [6.45, 7) is 6.07. The number of aliphatic imine (C=N–C) groups is 1. The minimum Gasteiger partial charge on any atom is -0.494 e. The smallest absolute Gasteiger partial charge is 0.266 e. The van der Waals surface area contributed by atoms with Crippen LogP contribution in [0.15, 0.2) is 28.1 Å². The number of fused-ring (bicyclic) bond motifs is 1. The molecular formula is C12H17N3O3S. The molecule has 1 aliphatic rings. The molecule has 2 N–H and O–H groups in total. The maximum Gasteiger partial charge on any atom is 0.266 e. The van der Waals surface area contributed by atoms with Crippen LogP contribution in [0.5, 0.6) is 5.75 Å². The van der Waals surface area contributed by atoms with Crippen LogP contribution in [0.25, 0.3) is 0 Å². The molecule has 1 aliphatic heterocycles. The maximum absolute atomic E-state index is 12.1. The van der Waals surface area contributed by atoms with Gasteiger partial charge in [-0.1, -0.05) is 0 Å². The molecule has 104 valence electrons. The summed E-state index contributed by atoms with van der Waals surface area (Å²) in [7, 11) is -3.60. The standard InChI is InChI=1S/C12H17N3O3S/c1-4-18-9-5-6-10-11(7-9)19(16,17)15-12(14-10)13-8(2)3/h5-8H,4H2,1-3H3,(H2,13,14,15). The van der Waals surface area contributed by atoms with E-state index in [1.165, 1.54) is 6.07 Å². The van der Waals surface area contributed by atoms with E-state index in [1.807, 2.05) is 20.8 Å². The van der Waals surface area contributed by atoms with Crippen LogP contribution in [0.3, 0.4) is 0 Å². The van der Waals surface area contributed by atoms with Gasteiger partial charge in [-0.05, 0) is 32.9 Å². The molecule has 0 atom stereocenters. The lowest BCUT2D eigenvalue weighted by Gasteiger charge is -2.22. The summed E-state index contributed by atoms with van der Waals surface area (Å²) in [6, 6.07) is 4.90. The van der Waals surface area contributed by atoms with Crippen LogP contribution in [0.2, 0.25) is 0 Å². The zero-order chi connectivity index (χ0) is 14.0. The number of rotatable bonds is 3. The molecule has 0 saturated heterocycles. The monoisotopic (exact) mass is 283 g/mol. The van der Waals surface area contributed by atoms with Gasteiger partial charge in [0.2, 0.25) is 5.96 Å². The first kappa shape index (κ1) is 13.7. The van der Waals surface area contributed by atoms with Gasteiger partial charge in [-0.15, -0.1) is 0 Å². The van der Waals surface area contributed by atoms with Crippen LogP contribution in [0, 0.1) is 0 Å². The van der Waals surface area contributed by atoms with Gasteiger partial charge in [0.25, 0.3) is 10.0 Å². The van der Waals surface area contributed by atoms with Crippen molar-refractivity contribution in [3.05, 3.63) is 18.2 Å². The van der Waals surface area contributed by atoms with Gasteiger partial charge in [0.1, 0.15) is 10.6 Å². The third kappa shape index (κ3) is 2.98. The highest BCUT2D eigenvalue weighted by Gasteiger charge is 2.27. The predicted molar refractivity (Wildman–Crippen MR) is 74.1 cm³/mol. The highest BCUT2D eigenvalue weighted by molar-refractivity contribution is 7.90. The summed E-state index contributed by atoms with van der Waals surface area (Å²) in [4.78, 5) is 4.34. The fourth-order valence-electron chi connectivity index (χ4n) is 1.74. The molecule has 6 nitrogen and oxygen atoms in total. The highest BCUT2D eigenvalue weighted by atomic mass is 32.2. The van der Waals surface area contributed by atoms with Crippen molar-refractivity contribution in [2.45, 2.75) is 31.7 Å². The van der Waals surface area contributed by atoms with Crippen molar-refractivity contribution in [2.24, 2.45) is 4.99 Å². The minimum atomic E-state index is -3.60. The lowest BCUT2D eigenvalue weighted by molar-refractivity contribution is 0.339. The van der Waals surface area contributed by atoms with Crippen LogP contribution in [-0.4, -0.2) is 27.0 Å². The molecule has 19 heavy (non-hydrogen) atoms. The Labute approximate surface area is 112 Å². The number of sulfonamides is 1. The van der Waals surface area contributed by atoms with Gasteiger partial charge in [-0.2, -0.15) is 0 Å². The molecule has 0 saturated carbocycles. The Kier molecular flexibility index (Phi) is 3.66. The Morgan fingerprint density at radius 1 is 1.37 bits per heavy atom. The minimum absolute atomic E-state index is 0.00514. The SMILES string of the molecule is CCOc1ccc2c(c1)S(=O)(=O)NC(=NC(C)C)N2. The Morgan fingerprint density at radius 2 is 2.11 bits per heavy atom. The van der Waals surface area contributed by atoms with Crippen molar-refractivity contribution in [1.29, 1.82) is 0 Å². The van der Waals surface area contributed by atoms with Gasteiger partial charge in [-0.25, -0.2) is 18.1 Å². The maximum atomic E-state index is 12.1. The van der Waals surface area contributed by atoms with E-state index in [2.05, 4.69) is 15.0 Å². The van der Waals surface area contributed by atoms with Crippen LogP contribution < -0.4 is 14.8 Å². The third-order valence-corrected chi connectivity index (χ3v) is 3.80. The Hall–Kier alpha value is -1.76. The van der Waals surface area contributed by atoms with E-state index >= 15 is 0 Å². The number of guanidine groups is 1. The summed E-state index contributed by atoms with van der Waals surface area (Å²) in [5.41, 5.74) is 0.501. The fraction of sp³-hybridized carbons (Fsp3) is 0.417. The van der Waals surface area contributed by atoms with Crippen molar-refractivity contribution in [1.82, 2.24) is 4.72 Å². The number of nitrogens with zero attached hydrogens (tertiary/aromatic N) is 1. The van der Waals surface area contributed by atoms with Crippen molar-refractivity contribution in [3.8, 4) is 5.75 Å². The van der Waals surface area contributed by atoms with Crippen LogP contribution >= 0.6 is 0 Å². The zero-order valence-corrected chi connectivity index (χ0v) is 11.9. The first-order chi connectivity index (χ1) is 8.92. The van der Waals surface area contributed by atoms with Crippen LogP contribution in [0.1, 0.15) is 20.8 Å². The van der Waals surface area contributed by atoms with Crippen molar-refractivity contribution >= 4 is 21.7 Å². The van der Waals surface area contributed by atoms with E-state index in [-0.39, 0.29) is 16.9 Å². The molecule has 0 aromatic heterocycles. The Balaban J connectivity index is 2.44. The number of hydrogen-bond donors (Lipinski definition) is 2. The van der Waals surface area contributed by atoms with Gasteiger partial charge in [0.05, 0.1) is 12.3 Å². The van der Waals surface area contributed by atoms with E-state index in [0.29, 0.717) is 18.0 Å². The average Bonchev–Trinajstić information content (AvgIpc) is 2.28. The second kappa shape index (κ2) is 5.08. The molecule has 2 rings (SSSR count). The number of anilines is 1. The summed E-state index contributed by atoms with van der Waals surface area (Å²) in [5, 5.41) is 2.96. The van der Waals surface area contributed by atoms with Gasteiger partial charge in [-0.3, -0.25) is 0 Å². The van der Waals surface area contributed by atoms with E-state index in [9.17, 15) is 8.42 Å². The molecule has 0 radical (unpaired) electrons. The molecule has 0 bridgehead atoms. The van der Waals surface area contributed by atoms with Crippen molar-refractivity contribution < 1.29 is 13.2 Å². The quantitative estimate of drug-likeness (QED) is 0.882. The Bertz CT molecular complexity index is 609. The van der Waals surface area contributed by atoms with E-state index < -0.39 is 10.0 Å². The molecule has 0 spiro atoms. The van der Waals surface area contributed by atoms with E-state index in [1.54, 1.807) is 12.1 Å².